The van der Waals surface area contributed by atoms with Gasteiger partial charge >= 0.3 is 5.97 Å². The number of esters is 1. The van der Waals surface area contributed by atoms with Crippen molar-refractivity contribution in [3.05, 3.63) is 59.5 Å². The second-order valence-electron chi connectivity index (χ2n) is 7.48. The zero-order valence-corrected chi connectivity index (χ0v) is 16.0. The molecule has 0 bridgehead atoms. The summed E-state index contributed by atoms with van der Waals surface area (Å²) in [5.74, 6) is -0.0163. The normalized spacial score (nSPS) is 19.7. The highest BCUT2D eigenvalue weighted by atomic mass is 16.5. The van der Waals surface area contributed by atoms with Gasteiger partial charge in [0.2, 0.25) is 0 Å². The van der Waals surface area contributed by atoms with Crippen LogP contribution in [-0.4, -0.2) is 29.2 Å². The van der Waals surface area contributed by atoms with Crippen LogP contribution in [0.4, 0.5) is 0 Å². The number of hydrogen-bond acceptors (Lipinski definition) is 5. The van der Waals surface area contributed by atoms with Gasteiger partial charge in [0, 0.05) is 6.42 Å². The average molecular weight is 380 g/mol. The zero-order chi connectivity index (χ0) is 19.5. The van der Waals surface area contributed by atoms with E-state index in [4.69, 9.17) is 9.15 Å². The van der Waals surface area contributed by atoms with Gasteiger partial charge in [-0.2, -0.15) is 5.10 Å². The first-order chi connectivity index (χ1) is 13.6. The van der Waals surface area contributed by atoms with Crippen molar-refractivity contribution in [2.45, 2.75) is 45.1 Å². The Labute approximate surface area is 164 Å². The highest BCUT2D eigenvalue weighted by Crippen LogP contribution is 2.33. The molecular formula is C22H24N2O4. The monoisotopic (exact) mass is 380 g/mol. The largest absolute Gasteiger partial charge is 0.467 e. The van der Waals surface area contributed by atoms with Gasteiger partial charge in [-0.3, -0.25) is 9.59 Å². The van der Waals surface area contributed by atoms with Crippen LogP contribution in [0, 0.1) is 12.8 Å². The molecule has 2 heterocycles. The molecule has 2 aromatic rings. The van der Waals surface area contributed by atoms with Gasteiger partial charge in [-0.05, 0) is 37.5 Å². The van der Waals surface area contributed by atoms with E-state index in [-0.39, 0.29) is 30.4 Å². The first kappa shape index (κ1) is 18.5. The summed E-state index contributed by atoms with van der Waals surface area (Å²) in [7, 11) is 0. The van der Waals surface area contributed by atoms with Gasteiger partial charge in [0.15, 0.2) is 6.61 Å². The van der Waals surface area contributed by atoms with E-state index in [1.807, 2.05) is 37.3 Å². The Morgan fingerprint density at radius 2 is 1.93 bits per heavy atom. The Balaban J connectivity index is 1.49. The Hall–Kier alpha value is -2.89. The van der Waals surface area contributed by atoms with Crippen molar-refractivity contribution in [1.82, 2.24) is 5.01 Å². The minimum absolute atomic E-state index is 0.0705. The number of carbonyl (C=O) groups excluding carboxylic acids is 2. The van der Waals surface area contributed by atoms with Crippen molar-refractivity contribution in [2.75, 3.05) is 6.61 Å². The van der Waals surface area contributed by atoms with Crippen LogP contribution in [0.25, 0.3) is 0 Å². The predicted octanol–water partition coefficient (Wildman–Crippen LogP) is 4.00. The maximum Gasteiger partial charge on any atom is 0.309 e. The van der Waals surface area contributed by atoms with Crippen molar-refractivity contribution in [2.24, 2.45) is 11.0 Å². The molecule has 1 aliphatic carbocycles. The second kappa shape index (κ2) is 8.00. The van der Waals surface area contributed by atoms with Crippen LogP contribution in [0.2, 0.25) is 0 Å². The molecule has 1 fully saturated rings. The third-order valence-corrected chi connectivity index (χ3v) is 5.45. The summed E-state index contributed by atoms with van der Waals surface area (Å²) < 4.78 is 10.8. The molecule has 0 N–H and O–H groups in total. The molecule has 1 saturated carbocycles. The molecule has 1 atom stereocenters. The summed E-state index contributed by atoms with van der Waals surface area (Å²) in [5, 5.41) is 5.95. The van der Waals surface area contributed by atoms with E-state index in [0.29, 0.717) is 12.2 Å². The number of aryl methyl sites for hydroxylation is 1. The van der Waals surface area contributed by atoms with E-state index < -0.39 is 0 Å². The summed E-state index contributed by atoms with van der Waals surface area (Å²) in [6.45, 7) is 1.73. The number of nitrogens with zero attached hydrogens (tertiary/aromatic N) is 2. The number of rotatable bonds is 5. The molecule has 1 aromatic carbocycles. The summed E-state index contributed by atoms with van der Waals surface area (Å²) >= 11 is 0. The van der Waals surface area contributed by atoms with Crippen LogP contribution in [0.3, 0.4) is 0 Å². The van der Waals surface area contributed by atoms with Gasteiger partial charge in [0.05, 0.1) is 17.9 Å². The van der Waals surface area contributed by atoms with E-state index >= 15 is 0 Å². The van der Waals surface area contributed by atoms with Crippen molar-refractivity contribution in [1.29, 1.82) is 0 Å². The molecule has 0 spiro atoms. The fourth-order valence-corrected chi connectivity index (χ4v) is 3.84. The molecule has 28 heavy (non-hydrogen) atoms. The minimum Gasteiger partial charge on any atom is -0.467 e. The number of amides is 1. The maximum atomic E-state index is 12.8. The number of hydrogen-bond donors (Lipinski definition) is 0. The average Bonchev–Trinajstić information content (AvgIpc) is 3.47. The third kappa shape index (κ3) is 3.86. The molecule has 1 aliphatic heterocycles. The quantitative estimate of drug-likeness (QED) is 0.735. The maximum absolute atomic E-state index is 12.8. The van der Waals surface area contributed by atoms with Crippen molar-refractivity contribution >= 4 is 17.6 Å². The lowest BCUT2D eigenvalue weighted by Crippen LogP contribution is -2.32. The van der Waals surface area contributed by atoms with Crippen LogP contribution >= 0.6 is 0 Å². The van der Waals surface area contributed by atoms with Crippen molar-refractivity contribution in [3.63, 3.8) is 0 Å². The lowest BCUT2D eigenvalue weighted by atomic mass is 10.0. The standard InChI is InChI=1S/C22H24N2O4/c1-15-8-10-16(11-9-15)18-13-19(20-7-4-12-27-20)24(23-18)21(25)14-28-22(26)17-5-2-3-6-17/h4,7-12,17,19H,2-3,5-6,13-14H2,1H3/t19-/m1/s1. The van der Waals surface area contributed by atoms with E-state index in [1.165, 1.54) is 5.01 Å². The fourth-order valence-electron chi connectivity index (χ4n) is 3.84. The predicted molar refractivity (Wildman–Crippen MR) is 104 cm³/mol. The molecule has 146 valence electrons. The Bertz CT molecular complexity index is 864. The first-order valence-electron chi connectivity index (χ1n) is 9.78. The van der Waals surface area contributed by atoms with Gasteiger partial charge in [-0.15, -0.1) is 0 Å². The lowest BCUT2D eigenvalue weighted by Gasteiger charge is -2.20. The van der Waals surface area contributed by atoms with Crippen LogP contribution in [0.5, 0.6) is 0 Å². The first-order valence-corrected chi connectivity index (χ1v) is 9.78. The van der Waals surface area contributed by atoms with Crippen molar-refractivity contribution in [3.8, 4) is 0 Å². The highest BCUT2D eigenvalue weighted by molar-refractivity contribution is 6.03. The number of ether oxygens (including phenoxy) is 1. The molecule has 1 aromatic heterocycles. The van der Waals surface area contributed by atoms with Gasteiger partial charge in [0.1, 0.15) is 11.8 Å². The van der Waals surface area contributed by atoms with Gasteiger partial charge in [-0.25, -0.2) is 5.01 Å². The van der Waals surface area contributed by atoms with Crippen LogP contribution in [-0.2, 0) is 14.3 Å². The Kier molecular flexibility index (Phi) is 5.28. The zero-order valence-electron chi connectivity index (χ0n) is 16.0. The molecule has 6 nitrogen and oxygen atoms in total. The number of hydrazone groups is 1. The SMILES string of the molecule is Cc1ccc(C2=NN(C(=O)COC(=O)C3CCCC3)[C@@H](c3ccco3)C2)cc1. The van der Waals surface area contributed by atoms with E-state index in [2.05, 4.69) is 5.10 Å². The summed E-state index contributed by atoms with van der Waals surface area (Å²) in [6, 6.07) is 11.3. The van der Waals surface area contributed by atoms with Gasteiger partial charge < -0.3 is 9.15 Å². The van der Waals surface area contributed by atoms with Gasteiger partial charge in [0.25, 0.3) is 5.91 Å². The van der Waals surface area contributed by atoms with Crippen LogP contribution in [0.15, 0.2) is 52.2 Å². The molecule has 0 unspecified atom stereocenters. The van der Waals surface area contributed by atoms with Crippen LogP contribution < -0.4 is 0 Å². The molecule has 6 heteroatoms. The summed E-state index contributed by atoms with van der Waals surface area (Å²) in [4.78, 5) is 24.9. The fraction of sp³-hybridized carbons (Fsp3) is 0.409. The number of furan rings is 1. The molecule has 4 rings (SSSR count). The smallest absolute Gasteiger partial charge is 0.309 e. The van der Waals surface area contributed by atoms with E-state index in [9.17, 15) is 9.59 Å². The Morgan fingerprint density at radius 1 is 1.18 bits per heavy atom. The Morgan fingerprint density at radius 3 is 2.61 bits per heavy atom. The van der Waals surface area contributed by atoms with Crippen LogP contribution in [0.1, 0.15) is 55.0 Å². The molecular weight excluding hydrogens is 356 g/mol. The van der Waals surface area contributed by atoms with Gasteiger partial charge in [-0.1, -0.05) is 42.7 Å². The lowest BCUT2D eigenvalue weighted by molar-refractivity contribution is -0.156. The van der Waals surface area contributed by atoms with Crippen molar-refractivity contribution < 1.29 is 18.7 Å². The van der Waals surface area contributed by atoms with E-state index in [1.54, 1.807) is 12.3 Å². The molecule has 2 aliphatic rings. The topological polar surface area (TPSA) is 72.1 Å². The molecule has 1 amide bonds. The highest BCUT2D eigenvalue weighted by Gasteiger charge is 2.35. The molecule has 0 saturated heterocycles. The van der Waals surface area contributed by atoms with E-state index in [0.717, 1.165) is 42.5 Å². The summed E-state index contributed by atoms with van der Waals surface area (Å²) in [6.07, 6.45) is 5.93. The number of carbonyl (C=O) groups is 2. The third-order valence-electron chi connectivity index (χ3n) is 5.45. The number of benzene rings is 1. The summed E-state index contributed by atoms with van der Waals surface area (Å²) in [5.41, 5.74) is 2.95. The molecule has 0 radical (unpaired) electrons. The minimum atomic E-state index is -0.338. The second-order valence-corrected chi connectivity index (χ2v) is 7.48.